The fraction of sp³-hybridized carbons (Fsp3) is 0.0800. The highest BCUT2D eigenvalue weighted by molar-refractivity contribution is 8.19. The molecule has 0 saturated carbocycles. The summed E-state index contributed by atoms with van der Waals surface area (Å²) in [5.74, 6) is -1.20. The van der Waals surface area contributed by atoms with Crippen LogP contribution in [-0.4, -0.2) is 36.2 Å². The second-order valence-electron chi connectivity index (χ2n) is 7.32. The Morgan fingerprint density at radius 2 is 1.72 bits per heavy atom. The minimum Gasteiger partial charge on any atom is -0.478 e. The van der Waals surface area contributed by atoms with Gasteiger partial charge in [0.05, 0.1) is 21.8 Å². The summed E-state index contributed by atoms with van der Waals surface area (Å²) in [6.45, 7) is 0. The number of amidine groups is 1. The van der Waals surface area contributed by atoms with E-state index < -0.39 is 5.97 Å². The Kier molecular flexibility index (Phi) is 6.09. The van der Waals surface area contributed by atoms with Crippen LogP contribution in [0, 0.1) is 0 Å². The Bertz CT molecular complexity index is 1220. The molecule has 0 unspecified atom stereocenters. The number of para-hydroxylation sites is 1. The zero-order valence-corrected chi connectivity index (χ0v) is 18.4. The molecule has 160 valence electrons. The highest BCUT2D eigenvalue weighted by atomic mass is 32.2. The SMILES string of the molecule is CN(C)c1ccc(/C=C2\SC(=Nc3cccc(C(=O)O)c3)N(c3ccccc3)C2=O)cc1. The van der Waals surface area contributed by atoms with Crippen molar-refractivity contribution >= 4 is 51.9 Å². The molecule has 0 bridgehead atoms. The molecule has 0 radical (unpaired) electrons. The van der Waals surface area contributed by atoms with E-state index in [1.54, 1.807) is 17.0 Å². The highest BCUT2D eigenvalue weighted by Crippen LogP contribution is 2.37. The molecule has 32 heavy (non-hydrogen) atoms. The number of rotatable bonds is 5. The van der Waals surface area contributed by atoms with E-state index in [-0.39, 0.29) is 11.5 Å². The van der Waals surface area contributed by atoms with Crippen molar-refractivity contribution in [3.05, 3.63) is 94.9 Å². The van der Waals surface area contributed by atoms with E-state index in [0.717, 1.165) is 11.3 Å². The number of nitrogens with zero attached hydrogens (tertiary/aromatic N) is 3. The summed E-state index contributed by atoms with van der Waals surface area (Å²) >= 11 is 1.27. The van der Waals surface area contributed by atoms with E-state index in [2.05, 4.69) is 4.99 Å². The van der Waals surface area contributed by atoms with Gasteiger partial charge >= 0.3 is 5.97 Å². The van der Waals surface area contributed by atoms with Gasteiger partial charge in [-0.3, -0.25) is 9.69 Å². The first-order chi connectivity index (χ1) is 15.4. The van der Waals surface area contributed by atoms with Crippen molar-refractivity contribution in [1.82, 2.24) is 0 Å². The van der Waals surface area contributed by atoms with Crippen molar-refractivity contribution in [3.8, 4) is 0 Å². The quantitative estimate of drug-likeness (QED) is 0.545. The highest BCUT2D eigenvalue weighted by Gasteiger charge is 2.34. The number of hydrogen-bond acceptors (Lipinski definition) is 5. The lowest BCUT2D eigenvalue weighted by Crippen LogP contribution is -2.28. The maximum atomic E-state index is 13.3. The Morgan fingerprint density at radius 1 is 1.00 bits per heavy atom. The summed E-state index contributed by atoms with van der Waals surface area (Å²) in [4.78, 5) is 33.4. The summed E-state index contributed by atoms with van der Waals surface area (Å²) in [7, 11) is 3.95. The Morgan fingerprint density at radius 3 is 2.38 bits per heavy atom. The molecular formula is C25H21N3O3S. The third-order valence-electron chi connectivity index (χ3n) is 4.85. The first-order valence-corrected chi connectivity index (χ1v) is 10.7. The Hall–Kier alpha value is -3.84. The lowest BCUT2D eigenvalue weighted by molar-refractivity contribution is -0.113. The predicted molar refractivity (Wildman–Crippen MR) is 131 cm³/mol. The van der Waals surface area contributed by atoms with E-state index in [4.69, 9.17) is 0 Å². The monoisotopic (exact) mass is 443 g/mol. The van der Waals surface area contributed by atoms with Crippen molar-refractivity contribution in [2.24, 2.45) is 4.99 Å². The van der Waals surface area contributed by atoms with E-state index >= 15 is 0 Å². The van der Waals surface area contributed by atoms with Crippen LogP contribution in [0.1, 0.15) is 15.9 Å². The molecule has 1 amide bonds. The van der Waals surface area contributed by atoms with Gasteiger partial charge in [0.2, 0.25) is 0 Å². The fourth-order valence-corrected chi connectivity index (χ4v) is 4.19. The third kappa shape index (κ3) is 4.58. The van der Waals surface area contributed by atoms with E-state index in [0.29, 0.717) is 21.4 Å². The van der Waals surface area contributed by atoms with Crippen LogP contribution in [0.25, 0.3) is 6.08 Å². The largest absolute Gasteiger partial charge is 0.478 e. The lowest BCUT2D eigenvalue weighted by Gasteiger charge is -2.15. The molecule has 1 saturated heterocycles. The molecule has 1 aliphatic rings. The van der Waals surface area contributed by atoms with Crippen LogP contribution in [0.15, 0.2) is 88.8 Å². The van der Waals surface area contributed by atoms with Gasteiger partial charge < -0.3 is 10.0 Å². The molecule has 0 atom stereocenters. The maximum Gasteiger partial charge on any atom is 0.335 e. The van der Waals surface area contributed by atoms with E-state index in [1.165, 1.54) is 23.9 Å². The van der Waals surface area contributed by atoms with Crippen molar-refractivity contribution in [2.75, 3.05) is 23.9 Å². The van der Waals surface area contributed by atoms with Gasteiger partial charge in [-0.15, -0.1) is 0 Å². The van der Waals surface area contributed by atoms with Gasteiger partial charge in [-0.25, -0.2) is 9.79 Å². The molecule has 1 heterocycles. The fourth-order valence-electron chi connectivity index (χ4n) is 3.19. The second-order valence-corrected chi connectivity index (χ2v) is 8.33. The summed E-state index contributed by atoms with van der Waals surface area (Å²) in [6.07, 6.45) is 1.85. The lowest BCUT2D eigenvalue weighted by atomic mass is 10.2. The van der Waals surface area contributed by atoms with Crippen LogP contribution in [0.4, 0.5) is 17.1 Å². The number of aliphatic imine (C=N–C) groups is 1. The number of carbonyl (C=O) groups is 2. The van der Waals surface area contributed by atoms with Crippen LogP contribution >= 0.6 is 11.8 Å². The molecule has 3 aromatic rings. The Balaban J connectivity index is 1.74. The topological polar surface area (TPSA) is 73.2 Å². The molecule has 0 aromatic heterocycles. The van der Waals surface area contributed by atoms with Gasteiger partial charge in [0.25, 0.3) is 5.91 Å². The number of carboxylic acid groups (broad SMARTS) is 1. The van der Waals surface area contributed by atoms with Crippen LogP contribution in [0.2, 0.25) is 0 Å². The van der Waals surface area contributed by atoms with Crippen LogP contribution in [0.3, 0.4) is 0 Å². The number of benzene rings is 3. The van der Waals surface area contributed by atoms with Crippen molar-refractivity contribution in [2.45, 2.75) is 0 Å². The zero-order valence-electron chi connectivity index (χ0n) is 17.6. The molecule has 3 aromatic carbocycles. The predicted octanol–water partition coefficient (Wildman–Crippen LogP) is 5.26. The molecule has 4 rings (SSSR count). The van der Waals surface area contributed by atoms with Crippen LogP contribution in [-0.2, 0) is 4.79 Å². The number of anilines is 2. The molecule has 7 heteroatoms. The second kappa shape index (κ2) is 9.11. The zero-order chi connectivity index (χ0) is 22.7. The van der Waals surface area contributed by atoms with Gasteiger partial charge in [0.1, 0.15) is 0 Å². The van der Waals surface area contributed by atoms with Gasteiger partial charge in [-0.1, -0.05) is 36.4 Å². The van der Waals surface area contributed by atoms with Crippen LogP contribution in [0.5, 0.6) is 0 Å². The normalized spacial score (nSPS) is 16.1. The maximum absolute atomic E-state index is 13.3. The van der Waals surface area contributed by atoms with Crippen molar-refractivity contribution < 1.29 is 14.7 Å². The molecule has 1 N–H and O–H groups in total. The summed E-state index contributed by atoms with van der Waals surface area (Å²) in [6, 6.07) is 23.6. The third-order valence-corrected chi connectivity index (χ3v) is 5.81. The molecule has 1 aliphatic heterocycles. The standard InChI is InChI=1S/C25H21N3O3S/c1-27(2)20-13-11-17(12-14-20)15-22-23(29)28(21-9-4-3-5-10-21)25(32-22)26-19-8-6-7-18(16-19)24(30)31/h3-16H,1-2H3,(H,30,31)/b22-15-,26-25?. The number of carboxylic acids is 1. The van der Waals surface area contributed by atoms with E-state index in [1.807, 2.05) is 79.7 Å². The van der Waals surface area contributed by atoms with Crippen molar-refractivity contribution in [3.63, 3.8) is 0 Å². The average molecular weight is 444 g/mol. The number of hydrogen-bond donors (Lipinski definition) is 1. The minimum absolute atomic E-state index is 0.143. The molecular weight excluding hydrogens is 422 g/mol. The van der Waals surface area contributed by atoms with Gasteiger partial charge in [-0.05, 0) is 65.9 Å². The average Bonchev–Trinajstić information content (AvgIpc) is 3.09. The first-order valence-electron chi connectivity index (χ1n) is 9.91. The number of thioether (sulfide) groups is 1. The van der Waals surface area contributed by atoms with Crippen molar-refractivity contribution in [1.29, 1.82) is 0 Å². The molecule has 0 spiro atoms. The van der Waals surface area contributed by atoms with Gasteiger partial charge in [-0.2, -0.15) is 0 Å². The number of amides is 1. The molecule has 6 nitrogen and oxygen atoms in total. The summed E-state index contributed by atoms with van der Waals surface area (Å²) in [5.41, 5.74) is 3.30. The Labute approximate surface area is 190 Å². The van der Waals surface area contributed by atoms with Crippen LogP contribution < -0.4 is 9.80 Å². The first kappa shape index (κ1) is 21.4. The summed E-state index contributed by atoms with van der Waals surface area (Å²) < 4.78 is 0. The van der Waals surface area contributed by atoms with E-state index in [9.17, 15) is 14.7 Å². The summed E-state index contributed by atoms with van der Waals surface area (Å²) in [5, 5.41) is 9.74. The number of carbonyl (C=O) groups excluding carboxylic acids is 1. The molecule has 0 aliphatic carbocycles. The van der Waals surface area contributed by atoms with Gasteiger partial charge in [0, 0.05) is 19.8 Å². The van der Waals surface area contributed by atoms with Gasteiger partial charge in [0.15, 0.2) is 5.17 Å². The number of aromatic carboxylic acids is 1. The smallest absolute Gasteiger partial charge is 0.335 e. The minimum atomic E-state index is -1.02. The molecule has 1 fully saturated rings.